The summed E-state index contributed by atoms with van der Waals surface area (Å²) in [5.41, 5.74) is 6.38. The van der Waals surface area contributed by atoms with Gasteiger partial charge in [0.2, 0.25) is 5.91 Å². The zero-order valence-electron chi connectivity index (χ0n) is 14.1. The molecule has 6 heteroatoms. The van der Waals surface area contributed by atoms with Crippen molar-refractivity contribution in [2.75, 3.05) is 13.1 Å². The fraction of sp³-hybridized carbons (Fsp3) is 0.588. The molecule has 1 heterocycles. The maximum atomic E-state index is 11.9. The standard InChI is InChI=1S/C17H27N3O.2ClH/c1-13(14-7-5-4-6-8-14)20-11-9-15(10-12-20)19-16(21)17(2,3)18;;/h4-8,13,15H,9-12,18H2,1-3H3,(H,19,21);2*1H. The van der Waals surface area contributed by atoms with E-state index in [-0.39, 0.29) is 36.8 Å². The first-order valence-corrected chi connectivity index (χ1v) is 7.77. The minimum atomic E-state index is -0.797. The summed E-state index contributed by atoms with van der Waals surface area (Å²) in [6.07, 6.45) is 1.97. The van der Waals surface area contributed by atoms with Crippen LogP contribution in [0.3, 0.4) is 0 Å². The number of hydrogen-bond donors (Lipinski definition) is 2. The zero-order valence-corrected chi connectivity index (χ0v) is 15.8. The van der Waals surface area contributed by atoms with E-state index in [1.165, 1.54) is 5.56 Å². The van der Waals surface area contributed by atoms with Crippen molar-refractivity contribution in [2.45, 2.75) is 51.2 Å². The van der Waals surface area contributed by atoms with E-state index >= 15 is 0 Å². The van der Waals surface area contributed by atoms with Crippen LogP contribution < -0.4 is 11.1 Å². The highest BCUT2D eigenvalue weighted by molar-refractivity contribution is 5.86. The molecule has 1 atom stereocenters. The molecule has 1 aromatic carbocycles. The van der Waals surface area contributed by atoms with Crippen molar-refractivity contribution < 1.29 is 4.79 Å². The van der Waals surface area contributed by atoms with Gasteiger partial charge in [-0.15, -0.1) is 24.8 Å². The molecule has 0 radical (unpaired) electrons. The van der Waals surface area contributed by atoms with Crippen molar-refractivity contribution in [3.8, 4) is 0 Å². The number of nitrogens with two attached hydrogens (primary N) is 1. The Bertz CT molecular complexity index is 468. The van der Waals surface area contributed by atoms with Crippen LogP contribution in [-0.4, -0.2) is 35.5 Å². The minimum absolute atomic E-state index is 0. The molecule has 0 saturated carbocycles. The topological polar surface area (TPSA) is 58.4 Å². The number of carbonyl (C=O) groups is 1. The molecule has 1 aliphatic rings. The van der Waals surface area contributed by atoms with Gasteiger partial charge in [-0.2, -0.15) is 0 Å². The van der Waals surface area contributed by atoms with Crippen LogP contribution in [-0.2, 0) is 4.79 Å². The molecule has 4 nitrogen and oxygen atoms in total. The fourth-order valence-corrected chi connectivity index (χ4v) is 2.74. The molecular formula is C17H29Cl2N3O. The number of nitrogens with one attached hydrogen (secondary N) is 1. The SMILES string of the molecule is CC(c1ccccc1)N1CCC(NC(=O)C(C)(C)N)CC1.Cl.Cl. The molecule has 0 aromatic heterocycles. The number of rotatable bonds is 4. The average molecular weight is 362 g/mol. The van der Waals surface area contributed by atoms with E-state index in [0.29, 0.717) is 6.04 Å². The lowest BCUT2D eigenvalue weighted by Crippen LogP contribution is -2.54. The van der Waals surface area contributed by atoms with Gasteiger partial charge in [0.05, 0.1) is 5.54 Å². The summed E-state index contributed by atoms with van der Waals surface area (Å²) in [5.74, 6) is -0.0583. The van der Waals surface area contributed by atoms with E-state index in [1.807, 2.05) is 6.07 Å². The molecule has 1 amide bonds. The molecular weight excluding hydrogens is 333 g/mol. The minimum Gasteiger partial charge on any atom is -0.352 e. The predicted molar refractivity (Wildman–Crippen MR) is 100 cm³/mol. The van der Waals surface area contributed by atoms with Crippen molar-refractivity contribution in [3.05, 3.63) is 35.9 Å². The highest BCUT2D eigenvalue weighted by atomic mass is 35.5. The van der Waals surface area contributed by atoms with E-state index in [2.05, 4.69) is 41.4 Å². The average Bonchev–Trinajstić information content (AvgIpc) is 2.47. The Hall–Kier alpha value is -0.810. The van der Waals surface area contributed by atoms with Gasteiger partial charge in [0.15, 0.2) is 0 Å². The zero-order chi connectivity index (χ0) is 15.5. The molecule has 2 rings (SSSR count). The number of amides is 1. The highest BCUT2D eigenvalue weighted by Crippen LogP contribution is 2.24. The second kappa shape index (κ2) is 9.48. The monoisotopic (exact) mass is 361 g/mol. The Morgan fingerprint density at radius 2 is 1.74 bits per heavy atom. The Morgan fingerprint density at radius 3 is 2.22 bits per heavy atom. The Morgan fingerprint density at radius 1 is 1.22 bits per heavy atom. The molecule has 0 bridgehead atoms. The predicted octanol–water partition coefficient (Wildman–Crippen LogP) is 2.91. The quantitative estimate of drug-likeness (QED) is 0.866. The van der Waals surface area contributed by atoms with Crippen LogP contribution >= 0.6 is 24.8 Å². The van der Waals surface area contributed by atoms with Gasteiger partial charge in [-0.05, 0) is 39.2 Å². The van der Waals surface area contributed by atoms with Crippen molar-refractivity contribution >= 4 is 30.7 Å². The van der Waals surface area contributed by atoms with Gasteiger partial charge in [-0.25, -0.2) is 0 Å². The van der Waals surface area contributed by atoms with Crippen LogP contribution in [0.1, 0.15) is 45.2 Å². The van der Waals surface area contributed by atoms with Crippen LogP contribution in [0, 0.1) is 0 Å². The molecule has 1 saturated heterocycles. The number of likely N-dealkylation sites (tertiary alicyclic amines) is 1. The maximum Gasteiger partial charge on any atom is 0.239 e. The van der Waals surface area contributed by atoms with E-state index < -0.39 is 5.54 Å². The largest absolute Gasteiger partial charge is 0.352 e. The van der Waals surface area contributed by atoms with E-state index in [4.69, 9.17) is 5.73 Å². The fourth-order valence-electron chi connectivity index (χ4n) is 2.74. The smallest absolute Gasteiger partial charge is 0.239 e. The Balaban J connectivity index is 0.00000242. The summed E-state index contributed by atoms with van der Waals surface area (Å²) >= 11 is 0. The van der Waals surface area contributed by atoms with Crippen molar-refractivity contribution in [2.24, 2.45) is 5.73 Å². The number of nitrogens with zero attached hydrogens (tertiary/aromatic N) is 1. The van der Waals surface area contributed by atoms with E-state index in [0.717, 1.165) is 25.9 Å². The molecule has 1 aromatic rings. The van der Waals surface area contributed by atoms with Crippen LogP contribution in [0.5, 0.6) is 0 Å². The van der Waals surface area contributed by atoms with Gasteiger partial charge in [-0.3, -0.25) is 9.69 Å². The van der Waals surface area contributed by atoms with Crippen molar-refractivity contribution in [3.63, 3.8) is 0 Å². The van der Waals surface area contributed by atoms with Crippen LogP contribution in [0.2, 0.25) is 0 Å². The summed E-state index contributed by atoms with van der Waals surface area (Å²) in [5, 5.41) is 3.07. The molecule has 1 unspecified atom stereocenters. The Labute approximate surface area is 152 Å². The lowest BCUT2D eigenvalue weighted by atomic mass is 9.98. The summed E-state index contributed by atoms with van der Waals surface area (Å²) in [4.78, 5) is 14.4. The van der Waals surface area contributed by atoms with Crippen LogP contribution in [0.25, 0.3) is 0 Å². The summed E-state index contributed by atoms with van der Waals surface area (Å²) in [7, 11) is 0. The van der Waals surface area contributed by atoms with Gasteiger partial charge < -0.3 is 11.1 Å². The van der Waals surface area contributed by atoms with Crippen LogP contribution in [0.15, 0.2) is 30.3 Å². The number of hydrogen-bond acceptors (Lipinski definition) is 3. The molecule has 23 heavy (non-hydrogen) atoms. The number of benzene rings is 1. The van der Waals surface area contributed by atoms with E-state index in [1.54, 1.807) is 13.8 Å². The molecule has 132 valence electrons. The second-order valence-electron chi connectivity index (χ2n) is 6.59. The number of halogens is 2. The first-order chi connectivity index (χ1) is 9.88. The van der Waals surface area contributed by atoms with Crippen molar-refractivity contribution in [1.82, 2.24) is 10.2 Å². The first-order valence-electron chi connectivity index (χ1n) is 7.77. The highest BCUT2D eigenvalue weighted by Gasteiger charge is 2.28. The first kappa shape index (κ1) is 22.2. The summed E-state index contributed by atoms with van der Waals surface area (Å²) in [6.45, 7) is 7.75. The van der Waals surface area contributed by atoms with Gasteiger partial charge >= 0.3 is 0 Å². The third-order valence-corrected chi connectivity index (χ3v) is 4.28. The van der Waals surface area contributed by atoms with Gasteiger partial charge in [0, 0.05) is 25.2 Å². The summed E-state index contributed by atoms with van der Waals surface area (Å²) in [6, 6.07) is 11.2. The molecule has 1 aliphatic heterocycles. The Kier molecular flexibility index (Phi) is 9.14. The van der Waals surface area contributed by atoms with Crippen molar-refractivity contribution in [1.29, 1.82) is 0 Å². The molecule has 1 fully saturated rings. The number of piperidine rings is 1. The third kappa shape index (κ3) is 6.30. The maximum absolute atomic E-state index is 11.9. The molecule has 0 aliphatic carbocycles. The van der Waals surface area contributed by atoms with E-state index in [9.17, 15) is 4.79 Å². The lowest BCUT2D eigenvalue weighted by molar-refractivity contribution is -0.126. The third-order valence-electron chi connectivity index (χ3n) is 4.28. The second-order valence-corrected chi connectivity index (χ2v) is 6.59. The van der Waals surface area contributed by atoms with Gasteiger partial charge in [0.1, 0.15) is 0 Å². The molecule has 0 spiro atoms. The number of carbonyl (C=O) groups excluding carboxylic acids is 1. The van der Waals surface area contributed by atoms with Gasteiger partial charge in [-0.1, -0.05) is 30.3 Å². The normalized spacial score (nSPS) is 17.6. The van der Waals surface area contributed by atoms with Crippen LogP contribution in [0.4, 0.5) is 0 Å². The molecule has 3 N–H and O–H groups in total. The summed E-state index contributed by atoms with van der Waals surface area (Å²) < 4.78 is 0. The van der Waals surface area contributed by atoms with Gasteiger partial charge in [0.25, 0.3) is 0 Å². The lowest BCUT2D eigenvalue weighted by Gasteiger charge is -2.37.